The monoisotopic (exact) mass is 322 g/mol. The minimum Gasteiger partial charge on any atom is -0.468 e. The summed E-state index contributed by atoms with van der Waals surface area (Å²) in [6.45, 7) is 2.69. The molecule has 2 rings (SSSR count). The summed E-state index contributed by atoms with van der Waals surface area (Å²) < 4.78 is 15.1. The molecule has 0 aliphatic heterocycles. The van der Waals surface area contributed by atoms with Crippen LogP contribution in [0.2, 0.25) is 0 Å². The second kappa shape index (κ2) is 7.30. The van der Waals surface area contributed by atoms with Crippen molar-refractivity contribution in [3.05, 3.63) is 23.8 Å². The highest BCUT2D eigenvalue weighted by Crippen LogP contribution is 2.50. The first-order chi connectivity index (χ1) is 11.0. The van der Waals surface area contributed by atoms with Crippen LogP contribution in [0.25, 0.3) is 0 Å². The summed E-state index contributed by atoms with van der Waals surface area (Å²) in [5.41, 5.74) is 0.0273. The Kier molecular flexibility index (Phi) is 5.63. The quantitative estimate of drug-likeness (QED) is 0.452. The van der Waals surface area contributed by atoms with Crippen LogP contribution in [0.3, 0.4) is 0 Å². The van der Waals surface area contributed by atoms with Gasteiger partial charge in [0.1, 0.15) is 0 Å². The molecule has 1 saturated carbocycles. The third kappa shape index (κ3) is 3.50. The average molecular weight is 322 g/mol. The van der Waals surface area contributed by atoms with Crippen molar-refractivity contribution in [1.29, 1.82) is 0 Å². The molecule has 0 bridgehead atoms. The molecule has 128 valence electrons. The van der Waals surface area contributed by atoms with Gasteiger partial charge in [-0.3, -0.25) is 9.59 Å². The molecule has 0 aromatic rings. The van der Waals surface area contributed by atoms with E-state index in [-0.39, 0.29) is 11.8 Å². The van der Waals surface area contributed by atoms with Gasteiger partial charge in [0.25, 0.3) is 0 Å². The molecule has 0 N–H and O–H groups in total. The number of allylic oxidation sites excluding steroid dienone is 3. The van der Waals surface area contributed by atoms with Gasteiger partial charge >= 0.3 is 11.9 Å². The van der Waals surface area contributed by atoms with E-state index in [0.29, 0.717) is 25.4 Å². The van der Waals surface area contributed by atoms with Crippen LogP contribution in [0.4, 0.5) is 0 Å². The van der Waals surface area contributed by atoms with E-state index < -0.39 is 17.4 Å². The van der Waals surface area contributed by atoms with E-state index >= 15 is 0 Å². The van der Waals surface area contributed by atoms with Crippen LogP contribution in [0.15, 0.2) is 23.8 Å². The number of methoxy groups -OCH3 is 3. The zero-order chi connectivity index (χ0) is 17.0. The largest absolute Gasteiger partial charge is 0.468 e. The molecule has 0 aromatic heterocycles. The van der Waals surface area contributed by atoms with Gasteiger partial charge in [-0.25, -0.2) is 0 Å². The summed E-state index contributed by atoms with van der Waals surface area (Å²) in [6, 6.07) is 0. The van der Waals surface area contributed by atoms with E-state index in [0.717, 1.165) is 6.42 Å². The Balaban J connectivity index is 2.32. The maximum atomic E-state index is 12.3. The first kappa shape index (κ1) is 17.7. The summed E-state index contributed by atoms with van der Waals surface area (Å²) in [6.07, 6.45) is 8.20. The molecule has 2 aliphatic carbocycles. The van der Waals surface area contributed by atoms with E-state index in [2.05, 4.69) is 25.2 Å². The SMILES string of the molecule is COC/C1=C/C(C)/C=C\[C@@H]2CC(C(=O)OC)(C(=O)OC)C[C@@H]2C1. The number of rotatable bonds is 4. The minimum absolute atomic E-state index is 0.163. The molecule has 0 spiro atoms. The molecule has 0 radical (unpaired) electrons. The van der Waals surface area contributed by atoms with Gasteiger partial charge in [-0.1, -0.05) is 25.2 Å². The van der Waals surface area contributed by atoms with Crippen LogP contribution in [0, 0.1) is 23.2 Å². The molecular formula is C18H26O5. The Morgan fingerprint density at radius 3 is 2.35 bits per heavy atom. The molecule has 1 fully saturated rings. The first-order valence-corrected chi connectivity index (χ1v) is 8.00. The molecule has 0 saturated heterocycles. The van der Waals surface area contributed by atoms with Crippen molar-refractivity contribution in [2.24, 2.45) is 23.2 Å². The highest BCUT2D eigenvalue weighted by molar-refractivity contribution is 6.00. The number of carbonyl (C=O) groups excluding carboxylic acids is 2. The smallest absolute Gasteiger partial charge is 0.323 e. The van der Waals surface area contributed by atoms with Gasteiger partial charge in [-0.2, -0.15) is 0 Å². The normalized spacial score (nSPS) is 32.7. The van der Waals surface area contributed by atoms with E-state index in [9.17, 15) is 9.59 Å². The Morgan fingerprint density at radius 2 is 1.78 bits per heavy atom. The van der Waals surface area contributed by atoms with Gasteiger partial charge in [-0.15, -0.1) is 0 Å². The number of ether oxygens (including phenoxy) is 3. The van der Waals surface area contributed by atoms with Crippen molar-refractivity contribution in [3.63, 3.8) is 0 Å². The van der Waals surface area contributed by atoms with Crippen molar-refractivity contribution >= 4 is 11.9 Å². The molecule has 3 atom stereocenters. The highest BCUT2D eigenvalue weighted by Gasteiger charge is 2.56. The Morgan fingerprint density at radius 1 is 1.13 bits per heavy atom. The van der Waals surface area contributed by atoms with Crippen molar-refractivity contribution in [2.45, 2.75) is 26.2 Å². The number of hydrogen-bond donors (Lipinski definition) is 0. The number of carbonyl (C=O) groups is 2. The zero-order valence-corrected chi connectivity index (χ0v) is 14.3. The lowest BCUT2D eigenvalue weighted by molar-refractivity contribution is -0.169. The minimum atomic E-state index is -1.19. The van der Waals surface area contributed by atoms with Gasteiger partial charge in [0.05, 0.1) is 20.8 Å². The van der Waals surface area contributed by atoms with Crippen LogP contribution >= 0.6 is 0 Å². The van der Waals surface area contributed by atoms with Crippen molar-refractivity contribution in [3.8, 4) is 0 Å². The average Bonchev–Trinajstić information content (AvgIpc) is 2.89. The number of fused-ring (bicyclic) bond motifs is 1. The van der Waals surface area contributed by atoms with Crippen LogP contribution in [-0.2, 0) is 23.8 Å². The second-order valence-electron chi connectivity index (χ2n) is 6.60. The topological polar surface area (TPSA) is 61.8 Å². The van der Waals surface area contributed by atoms with Crippen LogP contribution < -0.4 is 0 Å². The molecular weight excluding hydrogens is 296 g/mol. The molecule has 23 heavy (non-hydrogen) atoms. The molecule has 5 nitrogen and oxygen atoms in total. The molecule has 0 amide bonds. The second-order valence-corrected chi connectivity index (χ2v) is 6.60. The van der Waals surface area contributed by atoms with Crippen molar-refractivity contribution < 1.29 is 23.8 Å². The lowest BCUT2D eigenvalue weighted by Crippen LogP contribution is -2.39. The van der Waals surface area contributed by atoms with Gasteiger partial charge in [0, 0.05) is 7.11 Å². The third-order valence-electron chi connectivity index (χ3n) is 4.97. The highest BCUT2D eigenvalue weighted by atomic mass is 16.5. The molecule has 2 aliphatic rings. The van der Waals surface area contributed by atoms with Crippen LogP contribution in [0.5, 0.6) is 0 Å². The van der Waals surface area contributed by atoms with Crippen LogP contribution in [0.1, 0.15) is 26.2 Å². The molecule has 1 unspecified atom stereocenters. The molecule has 0 aromatic carbocycles. The lowest BCUT2D eigenvalue weighted by Gasteiger charge is -2.23. The summed E-state index contributed by atoms with van der Waals surface area (Å²) in [7, 11) is 4.32. The summed E-state index contributed by atoms with van der Waals surface area (Å²) in [5, 5.41) is 0. The van der Waals surface area contributed by atoms with Crippen molar-refractivity contribution in [1.82, 2.24) is 0 Å². The summed E-state index contributed by atoms with van der Waals surface area (Å²) in [4.78, 5) is 24.7. The first-order valence-electron chi connectivity index (χ1n) is 8.00. The Labute approximate surface area is 137 Å². The van der Waals surface area contributed by atoms with E-state index in [4.69, 9.17) is 14.2 Å². The van der Waals surface area contributed by atoms with E-state index in [1.807, 2.05) is 0 Å². The van der Waals surface area contributed by atoms with E-state index in [1.54, 1.807) is 7.11 Å². The number of hydrogen-bond acceptors (Lipinski definition) is 5. The third-order valence-corrected chi connectivity index (χ3v) is 4.97. The number of esters is 2. The maximum Gasteiger partial charge on any atom is 0.323 e. The van der Waals surface area contributed by atoms with Crippen molar-refractivity contribution in [2.75, 3.05) is 27.9 Å². The zero-order valence-electron chi connectivity index (χ0n) is 14.3. The Hall–Kier alpha value is -1.62. The lowest BCUT2D eigenvalue weighted by atomic mass is 9.84. The molecule has 5 heteroatoms. The van der Waals surface area contributed by atoms with Gasteiger partial charge in [0.15, 0.2) is 5.41 Å². The standard InChI is InChI=1S/C18H26O5/c1-12-5-6-14-9-18(16(19)22-3,17(20)23-4)10-15(14)8-13(7-12)11-21-2/h5-7,12,14-15H,8-11H2,1-4H3/b6-5-,13-7+/t12?,14-,15+/m1/s1. The summed E-state index contributed by atoms with van der Waals surface area (Å²) >= 11 is 0. The summed E-state index contributed by atoms with van der Waals surface area (Å²) in [5.74, 6) is -0.299. The van der Waals surface area contributed by atoms with E-state index in [1.165, 1.54) is 19.8 Å². The van der Waals surface area contributed by atoms with Gasteiger partial charge in [0.2, 0.25) is 0 Å². The predicted molar refractivity (Wildman–Crippen MR) is 85.6 cm³/mol. The van der Waals surface area contributed by atoms with Crippen LogP contribution in [-0.4, -0.2) is 39.9 Å². The van der Waals surface area contributed by atoms with Gasteiger partial charge in [-0.05, 0) is 42.6 Å². The fourth-order valence-electron chi connectivity index (χ4n) is 3.95. The fourth-order valence-corrected chi connectivity index (χ4v) is 3.95. The fraction of sp³-hybridized carbons (Fsp3) is 0.667. The van der Waals surface area contributed by atoms with Gasteiger partial charge < -0.3 is 14.2 Å². The molecule has 0 heterocycles. The Bertz CT molecular complexity index is 504. The predicted octanol–water partition coefficient (Wildman–Crippen LogP) is 2.51. The maximum absolute atomic E-state index is 12.3.